The van der Waals surface area contributed by atoms with Gasteiger partial charge in [0, 0.05) is 4.47 Å². The maximum absolute atomic E-state index is 4.40. The van der Waals surface area contributed by atoms with E-state index in [1.165, 1.54) is 0 Å². The highest BCUT2D eigenvalue weighted by atomic mass is 127. The Balaban J connectivity index is 2.02. The van der Waals surface area contributed by atoms with E-state index < -0.39 is 0 Å². The molecule has 0 unspecified atom stereocenters. The molecule has 0 fully saturated rings. The van der Waals surface area contributed by atoms with Gasteiger partial charge < -0.3 is 0 Å². The molecule has 6 nitrogen and oxygen atoms in total. The van der Waals surface area contributed by atoms with Crippen LogP contribution >= 0.6 is 38.5 Å². The molecule has 0 aliphatic rings. The maximum atomic E-state index is 4.40. The number of nitrogens with zero attached hydrogens (tertiary/aromatic N) is 6. The molecule has 0 spiro atoms. The second-order valence-corrected chi connectivity index (χ2v) is 5.98. The van der Waals surface area contributed by atoms with Crippen molar-refractivity contribution in [3.8, 4) is 17.1 Å². The molecule has 0 aliphatic heterocycles. The summed E-state index contributed by atoms with van der Waals surface area (Å²) in [5.74, 6) is 0.597. The van der Waals surface area contributed by atoms with E-state index in [-0.39, 0.29) is 0 Å². The standard InChI is InChI=1S/C12H10BrIN6/c1-2-19-17-12(16-18-19)10-7-15-20(11(10)14)9-5-3-8(13)4-6-9/h3-7H,2H2,1H3. The van der Waals surface area contributed by atoms with E-state index in [0.29, 0.717) is 12.4 Å². The Kier molecular flexibility index (Phi) is 3.83. The van der Waals surface area contributed by atoms with Crippen molar-refractivity contribution in [2.24, 2.45) is 0 Å². The van der Waals surface area contributed by atoms with Crippen molar-refractivity contribution >= 4 is 38.5 Å². The Morgan fingerprint density at radius 1 is 1.25 bits per heavy atom. The normalized spacial score (nSPS) is 10.9. The van der Waals surface area contributed by atoms with Crippen LogP contribution in [0, 0.1) is 3.70 Å². The van der Waals surface area contributed by atoms with Crippen LogP contribution in [0.4, 0.5) is 0 Å². The number of hydrogen-bond donors (Lipinski definition) is 0. The monoisotopic (exact) mass is 444 g/mol. The van der Waals surface area contributed by atoms with Gasteiger partial charge in [-0.1, -0.05) is 15.9 Å². The van der Waals surface area contributed by atoms with E-state index in [1.807, 2.05) is 35.9 Å². The molecule has 0 N–H and O–H groups in total. The van der Waals surface area contributed by atoms with Crippen molar-refractivity contribution < 1.29 is 0 Å². The summed E-state index contributed by atoms with van der Waals surface area (Å²) in [6.45, 7) is 2.67. The molecular formula is C12H10BrIN6. The Bertz CT molecular complexity index is 733. The lowest BCUT2D eigenvalue weighted by atomic mass is 10.3. The van der Waals surface area contributed by atoms with Crippen LogP contribution in [0.3, 0.4) is 0 Å². The van der Waals surface area contributed by atoms with Gasteiger partial charge in [-0.2, -0.15) is 9.90 Å². The molecule has 0 bridgehead atoms. The van der Waals surface area contributed by atoms with Crippen molar-refractivity contribution in [1.82, 2.24) is 30.0 Å². The van der Waals surface area contributed by atoms with Gasteiger partial charge in [0.05, 0.1) is 24.0 Å². The molecule has 8 heteroatoms. The quantitative estimate of drug-likeness (QED) is 0.583. The van der Waals surface area contributed by atoms with Gasteiger partial charge in [-0.25, -0.2) is 4.68 Å². The molecule has 1 aromatic carbocycles. The van der Waals surface area contributed by atoms with Gasteiger partial charge in [0.2, 0.25) is 5.82 Å². The van der Waals surface area contributed by atoms with Crippen molar-refractivity contribution in [3.63, 3.8) is 0 Å². The zero-order valence-corrected chi connectivity index (χ0v) is 14.3. The number of aromatic nitrogens is 6. The third-order valence-electron chi connectivity index (χ3n) is 2.76. The van der Waals surface area contributed by atoms with Gasteiger partial charge in [-0.05, 0) is 59.0 Å². The summed E-state index contributed by atoms with van der Waals surface area (Å²) in [6, 6.07) is 7.97. The number of aryl methyl sites for hydroxylation is 1. The van der Waals surface area contributed by atoms with Gasteiger partial charge in [-0.3, -0.25) is 0 Å². The van der Waals surface area contributed by atoms with Gasteiger partial charge in [-0.15, -0.1) is 10.2 Å². The summed E-state index contributed by atoms with van der Waals surface area (Å²) in [5, 5.41) is 16.7. The van der Waals surface area contributed by atoms with E-state index in [1.54, 1.807) is 11.0 Å². The first-order chi connectivity index (χ1) is 9.69. The van der Waals surface area contributed by atoms with Crippen LogP contribution in [0.5, 0.6) is 0 Å². The number of hydrogen-bond acceptors (Lipinski definition) is 4. The zero-order chi connectivity index (χ0) is 14.1. The third-order valence-corrected chi connectivity index (χ3v) is 4.33. The van der Waals surface area contributed by atoms with Crippen LogP contribution < -0.4 is 0 Å². The molecule has 0 aliphatic carbocycles. The summed E-state index contributed by atoms with van der Waals surface area (Å²) >= 11 is 5.67. The molecule has 3 aromatic rings. The zero-order valence-electron chi connectivity index (χ0n) is 10.5. The molecule has 20 heavy (non-hydrogen) atoms. The second-order valence-electron chi connectivity index (χ2n) is 4.04. The van der Waals surface area contributed by atoms with Crippen molar-refractivity contribution in [2.75, 3.05) is 0 Å². The summed E-state index contributed by atoms with van der Waals surface area (Å²) in [5.41, 5.74) is 1.87. The summed E-state index contributed by atoms with van der Waals surface area (Å²) < 4.78 is 3.85. The van der Waals surface area contributed by atoms with E-state index in [0.717, 1.165) is 19.4 Å². The van der Waals surface area contributed by atoms with Gasteiger partial charge in [0.25, 0.3) is 0 Å². The fourth-order valence-electron chi connectivity index (χ4n) is 1.73. The smallest absolute Gasteiger partial charge is 0.209 e. The first-order valence-corrected chi connectivity index (χ1v) is 7.84. The number of halogens is 2. The SMILES string of the molecule is CCn1nnc(-c2cnn(-c3ccc(Br)cc3)c2I)n1. The molecule has 102 valence electrons. The molecule has 0 saturated carbocycles. The van der Waals surface area contributed by atoms with Crippen LogP contribution in [0.15, 0.2) is 34.9 Å². The second kappa shape index (κ2) is 5.60. The number of tetrazole rings is 1. The fourth-order valence-corrected chi connectivity index (χ4v) is 2.78. The molecule has 0 saturated heterocycles. The average Bonchev–Trinajstić information content (AvgIpc) is 3.06. The molecule has 3 rings (SSSR count). The minimum absolute atomic E-state index is 0.597. The largest absolute Gasteiger partial charge is 0.227 e. The fraction of sp³-hybridized carbons (Fsp3) is 0.167. The van der Waals surface area contributed by atoms with Crippen LogP contribution in [-0.2, 0) is 6.54 Å². The average molecular weight is 445 g/mol. The summed E-state index contributed by atoms with van der Waals surface area (Å²) in [6.07, 6.45) is 1.76. The highest BCUT2D eigenvalue weighted by Gasteiger charge is 2.15. The topological polar surface area (TPSA) is 61.4 Å². The lowest BCUT2D eigenvalue weighted by molar-refractivity contribution is 0.552. The molecule has 0 amide bonds. The van der Waals surface area contributed by atoms with E-state index in [9.17, 15) is 0 Å². The Morgan fingerprint density at radius 3 is 2.65 bits per heavy atom. The van der Waals surface area contributed by atoms with Gasteiger partial charge in [0.1, 0.15) is 3.70 Å². The highest BCUT2D eigenvalue weighted by Crippen LogP contribution is 2.24. The van der Waals surface area contributed by atoms with E-state index >= 15 is 0 Å². The Hall–Kier alpha value is -1.29. The Morgan fingerprint density at radius 2 is 2.00 bits per heavy atom. The number of rotatable bonds is 3. The third kappa shape index (κ3) is 2.49. The van der Waals surface area contributed by atoms with Crippen LogP contribution in [0.25, 0.3) is 17.1 Å². The minimum atomic E-state index is 0.597. The summed E-state index contributed by atoms with van der Waals surface area (Å²) in [7, 11) is 0. The first-order valence-electron chi connectivity index (χ1n) is 5.96. The maximum Gasteiger partial charge on any atom is 0.209 e. The highest BCUT2D eigenvalue weighted by molar-refractivity contribution is 14.1. The van der Waals surface area contributed by atoms with Gasteiger partial charge in [0.15, 0.2) is 0 Å². The molecule has 0 atom stereocenters. The van der Waals surface area contributed by atoms with E-state index in [2.05, 4.69) is 59.0 Å². The van der Waals surface area contributed by atoms with Crippen LogP contribution in [0.1, 0.15) is 6.92 Å². The van der Waals surface area contributed by atoms with Crippen molar-refractivity contribution in [2.45, 2.75) is 13.5 Å². The Labute approximate surface area is 137 Å². The predicted molar refractivity (Wildman–Crippen MR) is 86.5 cm³/mol. The molecular weight excluding hydrogens is 435 g/mol. The van der Waals surface area contributed by atoms with Crippen LogP contribution in [-0.4, -0.2) is 30.0 Å². The van der Waals surface area contributed by atoms with Gasteiger partial charge >= 0.3 is 0 Å². The molecule has 2 aromatic heterocycles. The first kappa shape index (κ1) is 13.7. The number of benzene rings is 1. The summed E-state index contributed by atoms with van der Waals surface area (Å²) in [4.78, 5) is 1.56. The van der Waals surface area contributed by atoms with Crippen molar-refractivity contribution in [3.05, 3.63) is 38.6 Å². The minimum Gasteiger partial charge on any atom is -0.227 e. The predicted octanol–water partition coefficient (Wildman–Crippen LogP) is 2.91. The van der Waals surface area contributed by atoms with Crippen LogP contribution in [0.2, 0.25) is 0 Å². The molecule has 2 heterocycles. The van der Waals surface area contributed by atoms with Crippen molar-refractivity contribution in [1.29, 1.82) is 0 Å². The lowest BCUT2D eigenvalue weighted by Gasteiger charge is -2.03. The molecule has 0 radical (unpaired) electrons. The van der Waals surface area contributed by atoms with E-state index in [4.69, 9.17) is 0 Å². The lowest BCUT2D eigenvalue weighted by Crippen LogP contribution is -1.99.